The fourth-order valence-corrected chi connectivity index (χ4v) is 2.11. The van der Waals surface area contributed by atoms with E-state index in [1.807, 2.05) is 19.1 Å². The van der Waals surface area contributed by atoms with Crippen LogP contribution in [-0.2, 0) is 0 Å². The zero-order valence-corrected chi connectivity index (χ0v) is 8.52. The van der Waals surface area contributed by atoms with Crippen LogP contribution >= 0.6 is 0 Å². The second-order valence-corrected chi connectivity index (χ2v) is 4.05. The lowest BCUT2D eigenvalue weighted by Gasteiger charge is -2.23. The van der Waals surface area contributed by atoms with Crippen molar-refractivity contribution >= 4 is 0 Å². The monoisotopic (exact) mass is 193 g/mol. The summed E-state index contributed by atoms with van der Waals surface area (Å²) in [5.74, 6) is 0.374. The number of halogens is 1. The molecule has 0 saturated carbocycles. The minimum Gasteiger partial charge on any atom is -0.317 e. The third-order valence-electron chi connectivity index (χ3n) is 2.93. The zero-order valence-electron chi connectivity index (χ0n) is 8.52. The molecule has 1 N–H and O–H groups in total. The van der Waals surface area contributed by atoms with Gasteiger partial charge in [0, 0.05) is 0 Å². The summed E-state index contributed by atoms with van der Waals surface area (Å²) in [6.45, 7) is 4.04. The van der Waals surface area contributed by atoms with Crippen LogP contribution in [0.5, 0.6) is 0 Å². The van der Waals surface area contributed by atoms with Crippen molar-refractivity contribution in [1.82, 2.24) is 5.32 Å². The van der Waals surface area contributed by atoms with Crippen LogP contribution in [0.4, 0.5) is 4.39 Å². The Kier molecular flexibility index (Phi) is 2.82. The standard InChI is InChI=1S/C12H16FN/c1-9-2-3-12(13)11(8-9)10-4-6-14-7-5-10/h2-3,8,10,14H,4-7H2,1H3. The molecule has 1 nitrogen and oxygen atoms in total. The van der Waals surface area contributed by atoms with Gasteiger partial charge in [0.05, 0.1) is 0 Å². The van der Waals surface area contributed by atoms with Gasteiger partial charge in [0.15, 0.2) is 0 Å². The minimum atomic E-state index is -0.0394. The maximum Gasteiger partial charge on any atom is 0.126 e. The Morgan fingerprint density at radius 1 is 1.29 bits per heavy atom. The fourth-order valence-electron chi connectivity index (χ4n) is 2.11. The first kappa shape index (κ1) is 9.66. The summed E-state index contributed by atoms with van der Waals surface area (Å²) < 4.78 is 13.5. The number of piperidine rings is 1. The second kappa shape index (κ2) is 4.09. The molecule has 0 radical (unpaired) electrons. The average molecular weight is 193 g/mol. The molecule has 1 aromatic rings. The van der Waals surface area contributed by atoms with E-state index >= 15 is 0 Å². The van der Waals surface area contributed by atoms with E-state index in [1.165, 1.54) is 0 Å². The largest absolute Gasteiger partial charge is 0.317 e. The van der Waals surface area contributed by atoms with Gasteiger partial charge in [-0.05, 0) is 50.4 Å². The van der Waals surface area contributed by atoms with Gasteiger partial charge in [-0.1, -0.05) is 17.7 Å². The third kappa shape index (κ3) is 1.95. The van der Waals surface area contributed by atoms with E-state index in [0.29, 0.717) is 5.92 Å². The summed E-state index contributed by atoms with van der Waals surface area (Å²) in [7, 11) is 0. The molecular formula is C12H16FN. The maximum absolute atomic E-state index is 13.5. The Morgan fingerprint density at radius 3 is 2.71 bits per heavy atom. The van der Waals surface area contributed by atoms with E-state index < -0.39 is 0 Å². The summed E-state index contributed by atoms with van der Waals surface area (Å²) in [6, 6.07) is 5.41. The van der Waals surface area contributed by atoms with Crippen molar-refractivity contribution in [2.24, 2.45) is 0 Å². The molecule has 0 unspecified atom stereocenters. The van der Waals surface area contributed by atoms with Gasteiger partial charge in [-0.3, -0.25) is 0 Å². The lowest BCUT2D eigenvalue weighted by atomic mass is 9.89. The van der Waals surface area contributed by atoms with Gasteiger partial charge in [-0.15, -0.1) is 0 Å². The molecule has 0 aliphatic carbocycles. The van der Waals surface area contributed by atoms with E-state index in [0.717, 1.165) is 37.1 Å². The normalized spacial score (nSPS) is 18.4. The van der Waals surface area contributed by atoms with E-state index in [1.54, 1.807) is 6.07 Å². The molecule has 2 rings (SSSR count). The van der Waals surface area contributed by atoms with Crippen LogP contribution in [0, 0.1) is 12.7 Å². The Morgan fingerprint density at radius 2 is 2.00 bits per heavy atom. The molecule has 0 aromatic heterocycles. The van der Waals surface area contributed by atoms with E-state index in [9.17, 15) is 4.39 Å². The lowest BCUT2D eigenvalue weighted by molar-refractivity contribution is 0.445. The zero-order chi connectivity index (χ0) is 9.97. The van der Waals surface area contributed by atoms with Gasteiger partial charge in [0.1, 0.15) is 5.82 Å². The number of hydrogen-bond donors (Lipinski definition) is 1. The van der Waals surface area contributed by atoms with Crippen molar-refractivity contribution < 1.29 is 4.39 Å². The predicted octanol–water partition coefficient (Wildman–Crippen LogP) is 2.60. The molecule has 14 heavy (non-hydrogen) atoms. The molecule has 1 aromatic carbocycles. The highest BCUT2D eigenvalue weighted by atomic mass is 19.1. The van der Waals surface area contributed by atoms with Crippen LogP contribution in [0.2, 0.25) is 0 Å². The molecular weight excluding hydrogens is 177 g/mol. The molecule has 1 aliphatic heterocycles. The van der Waals surface area contributed by atoms with Gasteiger partial charge in [-0.25, -0.2) is 4.39 Å². The number of aryl methyl sites for hydroxylation is 1. The van der Waals surface area contributed by atoms with E-state index in [-0.39, 0.29) is 5.82 Å². The number of benzene rings is 1. The van der Waals surface area contributed by atoms with Crippen LogP contribution in [0.1, 0.15) is 29.9 Å². The lowest BCUT2D eigenvalue weighted by Crippen LogP contribution is -2.27. The summed E-state index contributed by atoms with van der Waals surface area (Å²) in [5.41, 5.74) is 2.06. The van der Waals surface area contributed by atoms with Crippen molar-refractivity contribution in [3.63, 3.8) is 0 Å². The smallest absolute Gasteiger partial charge is 0.126 e. The molecule has 1 fully saturated rings. The van der Waals surface area contributed by atoms with Crippen LogP contribution in [0.15, 0.2) is 18.2 Å². The highest BCUT2D eigenvalue weighted by Crippen LogP contribution is 2.27. The highest BCUT2D eigenvalue weighted by molar-refractivity contribution is 5.27. The fraction of sp³-hybridized carbons (Fsp3) is 0.500. The first-order chi connectivity index (χ1) is 6.77. The Labute approximate surface area is 84.3 Å². The molecule has 1 heterocycles. The Bertz CT molecular complexity index is 316. The summed E-state index contributed by atoms with van der Waals surface area (Å²) in [5, 5.41) is 3.30. The molecule has 1 saturated heterocycles. The summed E-state index contributed by atoms with van der Waals surface area (Å²) >= 11 is 0. The van der Waals surface area contributed by atoms with Gasteiger partial charge < -0.3 is 5.32 Å². The van der Waals surface area contributed by atoms with E-state index in [4.69, 9.17) is 0 Å². The van der Waals surface area contributed by atoms with Crippen molar-refractivity contribution in [1.29, 1.82) is 0 Å². The first-order valence-electron chi connectivity index (χ1n) is 5.24. The predicted molar refractivity (Wildman–Crippen MR) is 56.0 cm³/mol. The molecule has 0 atom stereocenters. The average Bonchev–Trinajstić information content (AvgIpc) is 2.23. The van der Waals surface area contributed by atoms with Crippen LogP contribution < -0.4 is 5.32 Å². The van der Waals surface area contributed by atoms with Gasteiger partial charge in [0.25, 0.3) is 0 Å². The van der Waals surface area contributed by atoms with Crippen LogP contribution in [0.3, 0.4) is 0 Å². The second-order valence-electron chi connectivity index (χ2n) is 4.05. The van der Waals surface area contributed by atoms with Crippen molar-refractivity contribution in [2.45, 2.75) is 25.7 Å². The Hall–Kier alpha value is -0.890. The van der Waals surface area contributed by atoms with Crippen LogP contribution in [0.25, 0.3) is 0 Å². The number of hydrogen-bond acceptors (Lipinski definition) is 1. The Balaban J connectivity index is 2.24. The first-order valence-corrected chi connectivity index (χ1v) is 5.24. The summed E-state index contributed by atoms with van der Waals surface area (Å²) in [4.78, 5) is 0. The molecule has 0 bridgehead atoms. The van der Waals surface area contributed by atoms with Gasteiger partial charge in [0.2, 0.25) is 0 Å². The van der Waals surface area contributed by atoms with E-state index in [2.05, 4.69) is 5.32 Å². The topological polar surface area (TPSA) is 12.0 Å². The SMILES string of the molecule is Cc1ccc(F)c(C2CCNCC2)c1. The molecule has 2 heteroatoms. The third-order valence-corrected chi connectivity index (χ3v) is 2.93. The summed E-state index contributed by atoms with van der Waals surface area (Å²) in [6.07, 6.45) is 2.11. The molecule has 76 valence electrons. The molecule has 1 aliphatic rings. The number of rotatable bonds is 1. The quantitative estimate of drug-likeness (QED) is 0.723. The van der Waals surface area contributed by atoms with Gasteiger partial charge in [-0.2, -0.15) is 0 Å². The number of nitrogens with one attached hydrogen (secondary N) is 1. The van der Waals surface area contributed by atoms with Crippen molar-refractivity contribution in [3.8, 4) is 0 Å². The van der Waals surface area contributed by atoms with Crippen molar-refractivity contribution in [3.05, 3.63) is 35.1 Å². The minimum absolute atomic E-state index is 0.0394. The van der Waals surface area contributed by atoms with Crippen molar-refractivity contribution in [2.75, 3.05) is 13.1 Å². The maximum atomic E-state index is 13.5. The van der Waals surface area contributed by atoms with Gasteiger partial charge >= 0.3 is 0 Å². The molecule has 0 amide bonds. The van der Waals surface area contributed by atoms with Crippen LogP contribution in [-0.4, -0.2) is 13.1 Å². The highest BCUT2D eigenvalue weighted by Gasteiger charge is 2.18. The molecule has 0 spiro atoms.